The number of halogens is 1. The van der Waals surface area contributed by atoms with E-state index in [0.717, 1.165) is 30.7 Å². The smallest absolute Gasteiger partial charge is 0.165 e. The zero-order valence-corrected chi connectivity index (χ0v) is 9.95. The minimum atomic E-state index is -0.592. The van der Waals surface area contributed by atoms with E-state index < -0.39 is 5.60 Å². The Bertz CT molecular complexity index is 446. The molecule has 3 unspecified atom stereocenters. The highest BCUT2D eigenvalue weighted by Crippen LogP contribution is 2.58. The van der Waals surface area contributed by atoms with Crippen LogP contribution in [-0.4, -0.2) is 17.8 Å². The van der Waals surface area contributed by atoms with Gasteiger partial charge in [-0.15, -0.1) is 0 Å². The highest BCUT2D eigenvalue weighted by atomic mass is 19.1. The normalized spacial score (nSPS) is 34.5. The van der Waals surface area contributed by atoms with Gasteiger partial charge in [-0.25, -0.2) is 4.39 Å². The molecule has 2 saturated carbocycles. The number of ether oxygens (including phenoxy) is 1. The maximum Gasteiger partial charge on any atom is 0.165 e. The molecule has 17 heavy (non-hydrogen) atoms. The van der Waals surface area contributed by atoms with Gasteiger partial charge < -0.3 is 9.84 Å². The maximum absolute atomic E-state index is 13.6. The number of hydrogen-bond donors (Lipinski definition) is 1. The molecule has 2 nitrogen and oxygen atoms in total. The average Bonchev–Trinajstić information content (AvgIpc) is 3.01. The molecule has 0 aliphatic heterocycles. The van der Waals surface area contributed by atoms with Crippen LogP contribution in [0.4, 0.5) is 4.39 Å². The Morgan fingerprint density at radius 3 is 2.88 bits per heavy atom. The van der Waals surface area contributed by atoms with E-state index in [4.69, 9.17) is 4.74 Å². The molecule has 0 bridgehead atoms. The van der Waals surface area contributed by atoms with Gasteiger partial charge in [0.2, 0.25) is 0 Å². The summed E-state index contributed by atoms with van der Waals surface area (Å²) in [6, 6.07) is 4.95. The van der Waals surface area contributed by atoms with Gasteiger partial charge in [0, 0.05) is 6.42 Å². The third-order valence-electron chi connectivity index (χ3n) is 4.29. The molecule has 0 radical (unpaired) electrons. The molecular weight excluding hydrogens is 219 g/mol. The van der Waals surface area contributed by atoms with Crippen molar-refractivity contribution < 1.29 is 14.2 Å². The molecule has 2 fully saturated rings. The first-order chi connectivity index (χ1) is 8.12. The van der Waals surface area contributed by atoms with Crippen LogP contribution in [0.15, 0.2) is 18.2 Å². The first kappa shape index (κ1) is 11.0. The summed E-state index contributed by atoms with van der Waals surface area (Å²) in [5.41, 5.74) is 0.268. The predicted molar refractivity (Wildman–Crippen MR) is 62.4 cm³/mol. The van der Waals surface area contributed by atoms with Crippen molar-refractivity contribution in [2.24, 2.45) is 11.8 Å². The quantitative estimate of drug-likeness (QED) is 0.874. The number of rotatable bonds is 3. The molecular formula is C14H17FO2. The van der Waals surface area contributed by atoms with E-state index in [1.54, 1.807) is 6.07 Å². The molecule has 1 aromatic carbocycles. The Hall–Kier alpha value is -1.09. The zero-order chi connectivity index (χ0) is 12.0. The van der Waals surface area contributed by atoms with Crippen molar-refractivity contribution in [3.05, 3.63) is 29.6 Å². The summed E-state index contributed by atoms with van der Waals surface area (Å²) in [6.07, 6.45) is 3.69. The molecule has 0 spiro atoms. The van der Waals surface area contributed by atoms with Crippen LogP contribution in [0, 0.1) is 17.7 Å². The zero-order valence-electron chi connectivity index (χ0n) is 9.95. The monoisotopic (exact) mass is 236 g/mol. The van der Waals surface area contributed by atoms with Gasteiger partial charge in [0.25, 0.3) is 0 Å². The van der Waals surface area contributed by atoms with Crippen LogP contribution in [0.25, 0.3) is 0 Å². The molecule has 0 heterocycles. The average molecular weight is 236 g/mol. The molecule has 0 amide bonds. The Morgan fingerprint density at radius 2 is 2.35 bits per heavy atom. The lowest BCUT2D eigenvalue weighted by atomic mass is 9.89. The third kappa shape index (κ3) is 1.82. The fourth-order valence-corrected chi connectivity index (χ4v) is 3.24. The highest BCUT2D eigenvalue weighted by Gasteiger charge is 2.56. The molecule has 0 saturated heterocycles. The summed E-state index contributed by atoms with van der Waals surface area (Å²) in [6.45, 7) is 0. The Morgan fingerprint density at radius 1 is 1.53 bits per heavy atom. The summed E-state index contributed by atoms with van der Waals surface area (Å²) < 4.78 is 18.4. The van der Waals surface area contributed by atoms with Gasteiger partial charge in [-0.2, -0.15) is 0 Å². The SMILES string of the molecule is COc1ccc(CC2(O)CCC3CC32)cc1F. The predicted octanol–water partition coefficient (Wildman–Crippen LogP) is 2.54. The van der Waals surface area contributed by atoms with Crippen LogP contribution in [0.5, 0.6) is 5.75 Å². The standard InChI is InChI=1S/C14H17FO2/c1-17-13-3-2-9(6-12(13)15)8-14(16)5-4-10-7-11(10)14/h2-3,6,10-11,16H,4-5,7-8H2,1H3. The number of methoxy groups -OCH3 is 1. The summed E-state index contributed by atoms with van der Waals surface area (Å²) in [4.78, 5) is 0. The molecule has 1 N–H and O–H groups in total. The molecule has 0 aromatic heterocycles. The van der Waals surface area contributed by atoms with Crippen LogP contribution in [0.2, 0.25) is 0 Å². The van der Waals surface area contributed by atoms with Gasteiger partial charge in [0.1, 0.15) is 0 Å². The molecule has 2 aliphatic carbocycles. The number of aliphatic hydroxyl groups is 1. The fourth-order valence-electron chi connectivity index (χ4n) is 3.24. The largest absolute Gasteiger partial charge is 0.494 e. The van der Waals surface area contributed by atoms with Crippen molar-refractivity contribution in [2.45, 2.75) is 31.3 Å². The van der Waals surface area contributed by atoms with Gasteiger partial charge in [-0.3, -0.25) is 0 Å². The number of benzene rings is 1. The molecule has 3 rings (SSSR count). The van der Waals surface area contributed by atoms with E-state index in [-0.39, 0.29) is 11.6 Å². The second-order valence-electron chi connectivity index (χ2n) is 5.39. The Labute approximate surface area is 100 Å². The highest BCUT2D eigenvalue weighted by molar-refractivity contribution is 5.31. The maximum atomic E-state index is 13.6. The summed E-state index contributed by atoms with van der Waals surface area (Å²) in [5, 5.41) is 10.5. The van der Waals surface area contributed by atoms with Gasteiger partial charge in [0.15, 0.2) is 11.6 Å². The summed E-state index contributed by atoms with van der Waals surface area (Å²) in [5.74, 6) is 1.09. The van der Waals surface area contributed by atoms with Crippen molar-refractivity contribution >= 4 is 0 Å². The lowest BCUT2D eigenvalue weighted by molar-refractivity contribution is 0.0252. The molecule has 2 aliphatic rings. The Kier molecular flexibility index (Phi) is 2.40. The molecule has 3 atom stereocenters. The fraction of sp³-hybridized carbons (Fsp3) is 0.571. The van der Waals surface area contributed by atoms with E-state index in [1.807, 2.05) is 6.07 Å². The van der Waals surface area contributed by atoms with E-state index >= 15 is 0 Å². The second-order valence-corrected chi connectivity index (χ2v) is 5.39. The van der Waals surface area contributed by atoms with Gasteiger partial charge in [-0.05, 0) is 48.8 Å². The third-order valence-corrected chi connectivity index (χ3v) is 4.29. The van der Waals surface area contributed by atoms with Crippen LogP contribution >= 0.6 is 0 Å². The lowest BCUT2D eigenvalue weighted by Gasteiger charge is -2.24. The van der Waals surface area contributed by atoms with Gasteiger partial charge in [0.05, 0.1) is 12.7 Å². The summed E-state index contributed by atoms with van der Waals surface area (Å²) in [7, 11) is 1.46. The summed E-state index contributed by atoms with van der Waals surface area (Å²) >= 11 is 0. The lowest BCUT2D eigenvalue weighted by Crippen LogP contribution is -2.31. The van der Waals surface area contributed by atoms with Crippen molar-refractivity contribution in [1.29, 1.82) is 0 Å². The molecule has 1 aromatic rings. The first-order valence-electron chi connectivity index (χ1n) is 6.17. The minimum Gasteiger partial charge on any atom is -0.494 e. The number of fused-ring (bicyclic) bond motifs is 1. The van der Waals surface area contributed by atoms with Gasteiger partial charge in [-0.1, -0.05) is 6.07 Å². The van der Waals surface area contributed by atoms with E-state index in [9.17, 15) is 9.50 Å². The first-order valence-corrected chi connectivity index (χ1v) is 6.17. The second kappa shape index (κ2) is 3.70. The van der Waals surface area contributed by atoms with E-state index in [2.05, 4.69) is 0 Å². The van der Waals surface area contributed by atoms with Crippen LogP contribution in [-0.2, 0) is 6.42 Å². The van der Waals surface area contributed by atoms with Crippen molar-refractivity contribution in [3.63, 3.8) is 0 Å². The molecule has 92 valence electrons. The number of hydrogen-bond acceptors (Lipinski definition) is 2. The van der Waals surface area contributed by atoms with Crippen LogP contribution in [0.1, 0.15) is 24.8 Å². The van der Waals surface area contributed by atoms with Gasteiger partial charge >= 0.3 is 0 Å². The van der Waals surface area contributed by atoms with Crippen molar-refractivity contribution in [1.82, 2.24) is 0 Å². The van der Waals surface area contributed by atoms with Crippen LogP contribution in [0.3, 0.4) is 0 Å². The van der Waals surface area contributed by atoms with Crippen LogP contribution < -0.4 is 4.74 Å². The van der Waals surface area contributed by atoms with Crippen molar-refractivity contribution in [2.75, 3.05) is 7.11 Å². The Balaban J connectivity index is 1.79. The van der Waals surface area contributed by atoms with Crippen molar-refractivity contribution in [3.8, 4) is 5.75 Å². The van der Waals surface area contributed by atoms with E-state index in [0.29, 0.717) is 12.3 Å². The minimum absolute atomic E-state index is 0.261. The topological polar surface area (TPSA) is 29.5 Å². The molecule has 3 heteroatoms. The van der Waals surface area contributed by atoms with E-state index in [1.165, 1.54) is 13.2 Å².